The second-order valence-corrected chi connectivity index (χ2v) is 10.8. The number of aryl methyl sites for hydroxylation is 1. The maximum Gasteiger partial charge on any atom is 0.261 e. The van der Waals surface area contributed by atoms with E-state index in [4.69, 9.17) is 0 Å². The molecule has 0 spiro atoms. The van der Waals surface area contributed by atoms with Crippen molar-refractivity contribution < 1.29 is 16.8 Å². The van der Waals surface area contributed by atoms with Crippen LogP contribution in [0.25, 0.3) is 0 Å². The third-order valence-electron chi connectivity index (χ3n) is 5.13. The van der Waals surface area contributed by atoms with Gasteiger partial charge < -0.3 is 0 Å². The Bertz CT molecular complexity index is 1010. The van der Waals surface area contributed by atoms with Crippen LogP contribution in [0.3, 0.4) is 0 Å². The molecule has 0 saturated carbocycles. The van der Waals surface area contributed by atoms with Gasteiger partial charge in [-0.25, -0.2) is 16.8 Å². The minimum absolute atomic E-state index is 0.170. The Morgan fingerprint density at radius 2 is 1.43 bits per heavy atom. The van der Waals surface area contributed by atoms with Crippen LogP contribution < -0.4 is 4.72 Å². The summed E-state index contributed by atoms with van der Waals surface area (Å²) >= 11 is 0. The van der Waals surface area contributed by atoms with Crippen molar-refractivity contribution in [3.05, 3.63) is 54.1 Å². The average Bonchev–Trinajstić information content (AvgIpc) is 2.68. The van der Waals surface area contributed by atoms with E-state index < -0.39 is 20.0 Å². The number of nitrogens with one attached hydrogen (secondary N) is 1. The molecule has 1 N–H and O–H groups in total. The molecule has 0 aromatic heterocycles. The van der Waals surface area contributed by atoms with Gasteiger partial charge in [0, 0.05) is 18.8 Å². The van der Waals surface area contributed by atoms with Crippen molar-refractivity contribution in [3.8, 4) is 0 Å². The summed E-state index contributed by atoms with van der Waals surface area (Å²) in [7, 11) is -7.27. The number of hydrogen-bond donors (Lipinski definition) is 1. The maximum absolute atomic E-state index is 12.8. The van der Waals surface area contributed by atoms with Gasteiger partial charge >= 0.3 is 0 Å². The monoisotopic (exact) mass is 422 g/mol. The maximum atomic E-state index is 12.8. The van der Waals surface area contributed by atoms with Crippen LogP contribution in [0.15, 0.2) is 58.3 Å². The van der Waals surface area contributed by atoms with Crippen LogP contribution in [0.4, 0.5) is 5.69 Å². The predicted molar refractivity (Wildman–Crippen MR) is 110 cm³/mol. The first-order valence-corrected chi connectivity index (χ1v) is 12.4. The highest BCUT2D eigenvalue weighted by molar-refractivity contribution is 7.92. The van der Waals surface area contributed by atoms with Gasteiger partial charge in [0.25, 0.3) is 10.0 Å². The van der Waals surface area contributed by atoms with Gasteiger partial charge in [-0.15, -0.1) is 0 Å². The summed E-state index contributed by atoms with van der Waals surface area (Å²) in [5.41, 5.74) is 1.38. The summed E-state index contributed by atoms with van der Waals surface area (Å²) in [5.74, 6) is 0.537. The van der Waals surface area contributed by atoms with Crippen LogP contribution in [-0.2, 0) is 26.5 Å². The topological polar surface area (TPSA) is 83.5 Å². The quantitative estimate of drug-likeness (QED) is 0.773. The number of benzene rings is 2. The highest BCUT2D eigenvalue weighted by Gasteiger charge is 2.28. The van der Waals surface area contributed by atoms with E-state index in [-0.39, 0.29) is 9.79 Å². The summed E-state index contributed by atoms with van der Waals surface area (Å²) in [6.07, 6.45) is 2.54. The number of sulfonamides is 2. The largest absolute Gasteiger partial charge is 0.280 e. The molecule has 1 fully saturated rings. The van der Waals surface area contributed by atoms with Crippen molar-refractivity contribution >= 4 is 25.7 Å². The van der Waals surface area contributed by atoms with E-state index in [1.165, 1.54) is 28.6 Å². The van der Waals surface area contributed by atoms with Gasteiger partial charge in [-0.3, -0.25) is 4.72 Å². The molecule has 0 aliphatic carbocycles. The third kappa shape index (κ3) is 4.56. The molecule has 1 aliphatic rings. The van der Waals surface area contributed by atoms with Crippen LogP contribution in [-0.4, -0.2) is 34.2 Å². The minimum Gasteiger partial charge on any atom is -0.280 e. The highest BCUT2D eigenvalue weighted by Crippen LogP contribution is 2.25. The fourth-order valence-electron chi connectivity index (χ4n) is 3.19. The van der Waals surface area contributed by atoms with Crippen molar-refractivity contribution in [3.63, 3.8) is 0 Å². The average molecular weight is 423 g/mol. The van der Waals surface area contributed by atoms with E-state index in [0.29, 0.717) is 24.7 Å². The Balaban J connectivity index is 1.75. The minimum atomic E-state index is -3.72. The molecule has 1 heterocycles. The lowest BCUT2D eigenvalue weighted by Gasteiger charge is -2.29. The fourth-order valence-corrected chi connectivity index (χ4v) is 5.72. The molecule has 3 rings (SSSR count). The van der Waals surface area contributed by atoms with Crippen LogP contribution in [0, 0.1) is 5.92 Å². The standard InChI is InChI=1S/C20H26N2O4S2/c1-3-17-4-8-19(9-5-17)27(23,24)21-18-6-10-20(11-7-18)28(25,26)22-14-12-16(2)13-15-22/h4-11,16,21H,3,12-15H2,1-2H3. The number of hydrogen-bond acceptors (Lipinski definition) is 4. The Hall–Kier alpha value is -1.90. The van der Waals surface area contributed by atoms with E-state index in [9.17, 15) is 16.8 Å². The fraction of sp³-hybridized carbons (Fsp3) is 0.400. The summed E-state index contributed by atoms with van der Waals surface area (Å²) in [4.78, 5) is 0.348. The van der Waals surface area contributed by atoms with E-state index >= 15 is 0 Å². The third-order valence-corrected chi connectivity index (χ3v) is 8.44. The molecule has 0 radical (unpaired) electrons. The molecular weight excluding hydrogens is 396 g/mol. The second-order valence-electron chi connectivity index (χ2n) is 7.21. The normalized spacial score (nSPS) is 16.8. The van der Waals surface area contributed by atoms with Crippen molar-refractivity contribution in [2.45, 2.75) is 42.9 Å². The van der Waals surface area contributed by atoms with Gasteiger partial charge in [-0.05, 0) is 67.1 Å². The van der Waals surface area contributed by atoms with E-state index in [1.54, 1.807) is 24.3 Å². The molecule has 0 atom stereocenters. The molecule has 1 aliphatic heterocycles. The van der Waals surface area contributed by atoms with E-state index in [1.807, 2.05) is 6.92 Å². The van der Waals surface area contributed by atoms with Crippen molar-refractivity contribution in [1.82, 2.24) is 4.31 Å². The van der Waals surface area contributed by atoms with E-state index in [0.717, 1.165) is 24.8 Å². The lowest BCUT2D eigenvalue weighted by molar-refractivity contribution is 0.288. The lowest BCUT2D eigenvalue weighted by atomic mass is 10.0. The molecule has 0 unspecified atom stereocenters. The summed E-state index contributed by atoms with van der Waals surface area (Å²) in [6, 6.07) is 12.6. The smallest absolute Gasteiger partial charge is 0.261 e. The van der Waals surface area contributed by atoms with Gasteiger partial charge in [0.05, 0.1) is 9.79 Å². The molecule has 2 aromatic rings. The number of nitrogens with zero attached hydrogens (tertiary/aromatic N) is 1. The van der Waals surface area contributed by atoms with Crippen molar-refractivity contribution in [2.24, 2.45) is 5.92 Å². The molecular formula is C20H26N2O4S2. The summed E-state index contributed by atoms with van der Waals surface area (Å²) in [6.45, 7) is 5.17. The van der Waals surface area contributed by atoms with Gasteiger partial charge in [-0.2, -0.15) is 4.31 Å². The van der Waals surface area contributed by atoms with Gasteiger partial charge in [-0.1, -0.05) is 26.0 Å². The first-order chi connectivity index (χ1) is 13.2. The summed E-state index contributed by atoms with van der Waals surface area (Å²) < 4.78 is 54.6. The van der Waals surface area contributed by atoms with Crippen LogP contribution >= 0.6 is 0 Å². The zero-order valence-electron chi connectivity index (χ0n) is 16.1. The zero-order chi connectivity index (χ0) is 20.4. The number of anilines is 1. The Labute approximate surface area is 167 Å². The van der Waals surface area contributed by atoms with Crippen LogP contribution in [0.2, 0.25) is 0 Å². The van der Waals surface area contributed by atoms with Crippen molar-refractivity contribution in [1.29, 1.82) is 0 Å². The predicted octanol–water partition coefficient (Wildman–Crippen LogP) is 3.47. The van der Waals surface area contributed by atoms with Crippen molar-refractivity contribution in [2.75, 3.05) is 17.8 Å². The number of piperidine rings is 1. The molecule has 1 saturated heterocycles. The Kier molecular flexibility index (Phi) is 6.12. The number of rotatable bonds is 6. The highest BCUT2D eigenvalue weighted by atomic mass is 32.2. The molecule has 0 bridgehead atoms. The molecule has 152 valence electrons. The molecule has 28 heavy (non-hydrogen) atoms. The first-order valence-electron chi connectivity index (χ1n) is 9.44. The molecule has 0 amide bonds. The Morgan fingerprint density at radius 1 is 0.893 bits per heavy atom. The van der Waals surface area contributed by atoms with Gasteiger partial charge in [0.1, 0.15) is 0 Å². The molecule has 2 aromatic carbocycles. The molecule has 6 nitrogen and oxygen atoms in total. The van der Waals surface area contributed by atoms with Crippen LogP contribution in [0.1, 0.15) is 32.3 Å². The molecule has 8 heteroatoms. The van der Waals surface area contributed by atoms with E-state index in [2.05, 4.69) is 11.6 Å². The zero-order valence-corrected chi connectivity index (χ0v) is 17.8. The van der Waals surface area contributed by atoms with Crippen LogP contribution in [0.5, 0.6) is 0 Å². The Morgan fingerprint density at radius 3 is 1.96 bits per heavy atom. The SMILES string of the molecule is CCc1ccc(S(=O)(=O)Nc2ccc(S(=O)(=O)N3CCC(C)CC3)cc2)cc1. The van der Waals surface area contributed by atoms with Gasteiger partial charge in [0.2, 0.25) is 10.0 Å². The summed E-state index contributed by atoms with van der Waals surface area (Å²) in [5, 5.41) is 0. The lowest BCUT2D eigenvalue weighted by Crippen LogP contribution is -2.37. The van der Waals surface area contributed by atoms with Gasteiger partial charge in [0.15, 0.2) is 0 Å². The second kappa shape index (κ2) is 8.23. The first kappa shape index (κ1) is 20.8.